The van der Waals surface area contributed by atoms with Gasteiger partial charge >= 0.3 is 0 Å². The molecule has 2 heterocycles. The molecular weight excluding hydrogens is 492 g/mol. The molecular formula is C31H30N4O4. The average molecular weight is 523 g/mol. The molecule has 198 valence electrons. The van der Waals surface area contributed by atoms with Crippen LogP contribution in [0.2, 0.25) is 0 Å². The van der Waals surface area contributed by atoms with Crippen molar-refractivity contribution in [1.29, 1.82) is 0 Å². The van der Waals surface area contributed by atoms with Crippen molar-refractivity contribution in [2.24, 2.45) is 23.2 Å². The van der Waals surface area contributed by atoms with Crippen LogP contribution in [0.4, 0.5) is 11.4 Å². The lowest BCUT2D eigenvalue weighted by Gasteiger charge is -2.59. The number of nitro benzene ring substituents is 2. The van der Waals surface area contributed by atoms with Crippen molar-refractivity contribution in [3.63, 3.8) is 0 Å². The summed E-state index contributed by atoms with van der Waals surface area (Å²) in [7, 11) is 0. The quantitative estimate of drug-likeness (QED) is 0.190. The molecule has 0 unspecified atom stereocenters. The summed E-state index contributed by atoms with van der Waals surface area (Å²) in [4.78, 5) is 30.0. The van der Waals surface area contributed by atoms with Gasteiger partial charge in [0.05, 0.1) is 32.4 Å². The van der Waals surface area contributed by atoms with E-state index in [0.717, 1.165) is 40.5 Å². The molecule has 0 saturated heterocycles. The Morgan fingerprint density at radius 2 is 1.05 bits per heavy atom. The van der Waals surface area contributed by atoms with Crippen LogP contribution in [0.15, 0.2) is 72.8 Å². The highest BCUT2D eigenvalue weighted by Gasteiger charge is 2.55. The first kappa shape index (κ1) is 23.9. The van der Waals surface area contributed by atoms with Crippen molar-refractivity contribution in [3.8, 4) is 22.5 Å². The third-order valence-electron chi connectivity index (χ3n) is 9.52. The van der Waals surface area contributed by atoms with Gasteiger partial charge in [-0.2, -0.15) is 0 Å². The maximum atomic E-state index is 11.7. The van der Waals surface area contributed by atoms with Gasteiger partial charge in [-0.1, -0.05) is 24.3 Å². The Kier molecular flexibility index (Phi) is 5.47. The smallest absolute Gasteiger partial charge is 0.278 e. The first-order valence-corrected chi connectivity index (χ1v) is 13.8. The van der Waals surface area contributed by atoms with Gasteiger partial charge in [-0.3, -0.25) is 20.2 Å². The monoisotopic (exact) mass is 522 g/mol. The summed E-state index contributed by atoms with van der Waals surface area (Å²) in [5, 5.41) is 23.5. The molecule has 0 amide bonds. The third-order valence-corrected chi connectivity index (χ3v) is 9.52. The van der Waals surface area contributed by atoms with E-state index < -0.39 is 0 Å². The van der Waals surface area contributed by atoms with Gasteiger partial charge < -0.3 is 9.97 Å². The van der Waals surface area contributed by atoms with Gasteiger partial charge in [0.15, 0.2) is 0 Å². The lowest BCUT2D eigenvalue weighted by Crippen LogP contribution is -2.49. The van der Waals surface area contributed by atoms with Gasteiger partial charge in [-0.25, -0.2) is 0 Å². The molecule has 0 radical (unpaired) electrons. The molecule has 4 aromatic rings. The van der Waals surface area contributed by atoms with Gasteiger partial charge in [-0.15, -0.1) is 0 Å². The maximum Gasteiger partial charge on any atom is 0.278 e. The van der Waals surface area contributed by atoms with Gasteiger partial charge in [0, 0.05) is 29.4 Å². The molecule has 4 aliphatic rings. The summed E-state index contributed by atoms with van der Waals surface area (Å²) < 4.78 is 0. The van der Waals surface area contributed by atoms with Crippen LogP contribution in [0.3, 0.4) is 0 Å². The van der Waals surface area contributed by atoms with Crippen LogP contribution < -0.4 is 0 Å². The Balaban J connectivity index is 1.34. The molecule has 0 atom stereocenters. The second-order valence-electron chi connectivity index (χ2n) is 11.9. The molecule has 0 spiro atoms. The SMILES string of the molecule is O=[N+]([O-])c1ccccc1-c1ccc(C(c2ccc(-c3ccccc3[N+](=O)[O-])[nH]2)C23CC4CC(CC(C4)C2)C3)[nH]1. The number of H-pyrrole nitrogens is 2. The number of benzene rings is 2. The molecule has 8 rings (SSSR count). The first-order valence-electron chi connectivity index (χ1n) is 13.8. The van der Waals surface area contributed by atoms with E-state index in [0.29, 0.717) is 11.1 Å². The fourth-order valence-corrected chi connectivity index (χ4v) is 8.55. The predicted molar refractivity (Wildman–Crippen MR) is 148 cm³/mol. The Labute approximate surface area is 225 Å². The van der Waals surface area contributed by atoms with Crippen LogP contribution in [0, 0.1) is 43.4 Å². The molecule has 8 nitrogen and oxygen atoms in total. The van der Waals surface area contributed by atoms with Gasteiger partial charge in [-0.05, 0) is 98.1 Å². The van der Waals surface area contributed by atoms with E-state index in [2.05, 4.69) is 22.1 Å². The van der Waals surface area contributed by atoms with E-state index >= 15 is 0 Å². The molecule has 4 fully saturated rings. The lowest BCUT2D eigenvalue weighted by molar-refractivity contribution is -0.384. The number of hydrogen-bond acceptors (Lipinski definition) is 4. The van der Waals surface area contributed by atoms with Crippen LogP contribution in [-0.4, -0.2) is 19.8 Å². The van der Waals surface area contributed by atoms with E-state index in [1.165, 1.54) is 50.7 Å². The summed E-state index contributed by atoms with van der Waals surface area (Å²) in [6.45, 7) is 0. The first-order chi connectivity index (χ1) is 18.9. The van der Waals surface area contributed by atoms with E-state index in [-0.39, 0.29) is 32.6 Å². The fourth-order valence-electron chi connectivity index (χ4n) is 8.55. The predicted octanol–water partition coefficient (Wildman–Crippen LogP) is 7.84. The van der Waals surface area contributed by atoms with Crippen molar-refractivity contribution in [1.82, 2.24) is 9.97 Å². The molecule has 0 aliphatic heterocycles. The second-order valence-corrected chi connectivity index (χ2v) is 11.9. The summed E-state index contributed by atoms with van der Waals surface area (Å²) in [5.41, 5.74) is 4.95. The van der Waals surface area contributed by atoms with E-state index in [4.69, 9.17) is 0 Å². The molecule has 8 heteroatoms. The highest BCUT2D eigenvalue weighted by atomic mass is 16.6. The number of nitro groups is 2. The number of hydrogen-bond donors (Lipinski definition) is 2. The van der Waals surface area contributed by atoms with Gasteiger partial charge in [0.2, 0.25) is 0 Å². The topological polar surface area (TPSA) is 118 Å². The molecule has 2 aromatic carbocycles. The highest BCUT2D eigenvalue weighted by molar-refractivity contribution is 5.72. The number of nitrogens with one attached hydrogen (secondary N) is 2. The summed E-state index contributed by atoms with van der Waals surface area (Å²) in [5.74, 6) is 2.27. The third kappa shape index (κ3) is 3.97. The van der Waals surface area contributed by atoms with Gasteiger partial charge in [0.1, 0.15) is 0 Å². The number of rotatable bonds is 7. The fraction of sp³-hybridized carbons (Fsp3) is 0.355. The zero-order valence-electron chi connectivity index (χ0n) is 21.5. The zero-order chi connectivity index (χ0) is 26.7. The Bertz CT molecular complexity index is 1450. The van der Waals surface area contributed by atoms with Gasteiger partial charge in [0.25, 0.3) is 11.4 Å². The Morgan fingerprint density at radius 1 is 0.641 bits per heavy atom. The minimum Gasteiger partial charge on any atom is -0.358 e. The number of aromatic nitrogens is 2. The minimum atomic E-state index is -0.337. The number of para-hydroxylation sites is 2. The number of nitrogens with zero attached hydrogens (tertiary/aromatic N) is 2. The minimum absolute atomic E-state index is 0.0407. The highest BCUT2D eigenvalue weighted by Crippen LogP contribution is 2.65. The van der Waals surface area contributed by atoms with Crippen LogP contribution in [0.1, 0.15) is 55.8 Å². The summed E-state index contributed by atoms with van der Waals surface area (Å²) >= 11 is 0. The van der Waals surface area contributed by atoms with Crippen molar-refractivity contribution in [2.75, 3.05) is 0 Å². The summed E-state index contributed by atoms with van der Waals surface area (Å²) in [6.07, 6.45) is 7.48. The molecule has 4 saturated carbocycles. The van der Waals surface area contributed by atoms with Crippen molar-refractivity contribution >= 4 is 11.4 Å². The van der Waals surface area contributed by atoms with Crippen LogP contribution in [0.25, 0.3) is 22.5 Å². The average Bonchev–Trinajstić information content (AvgIpc) is 3.59. The van der Waals surface area contributed by atoms with E-state index in [1.54, 1.807) is 24.3 Å². The van der Waals surface area contributed by atoms with Crippen LogP contribution >= 0.6 is 0 Å². The molecule has 4 aliphatic carbocycles. The second kappa shape index (κ2) is 8.93. The lowest BCUT2D eigenvalue weighted by atomic mass is 9.46. The zero-order valence-corrected chi connectivity index (χ0v) is 21.5. The Morgan fingerprint density at radius 3 is 1.46 bits per heavy atom. The van der Waals surface area contributed by atoms with Crippen LogP contribution in [0.5, 0.6) is 0 Å². The standard InChI is InChI=1S/C31H30N4O4/c36-34(37)28-7-3-1-5-22(28)24-9-11-26(32-24)30(31-16-19-13-20(17-31)15-21(14-19)18-31)27-12-10-25(33-27)23-6-2-4-8-29(23)35(38)39/h1-12,19-21,30,32-33H,13-18H2. The summed E-state index contributed by atoms with van der Waals surface area (Å²) in [6, 6.07) is 21.7. The van der Waals surface area contributed by atoms with E-state index in [1.807, 2.05) is 24.3 Å². The van der Waals surface area contributed by atoms with Crippen molar-refractivity contribution in [2.45, 2.75) is 44.4 Å². The maximum absolute atomic E-state index is 11.7. The molecule has 2 N–H and O–H groups in total. The molecule has 2 aromatic heterocycles. The molecule has 39 heavy (non-hydrogen) atoms. The number of aromatic amines is 2. The molecule has 4 bridgehead atoms. The Hall–Kier alpha value is -4.20. The normalized spacial score (nSPS) is 25.3. The van der Waals surface area contributed by atoms with Crippen molar-refractivity contribution in [3.05, 3.63) is 104 Å². The van der Waals surface area contributed by atoms with Crippen LogP contribution in [-0.2, 0) is 0 Å². The van der Waals surface area contributed by atoms with Crippen molar-refractivity contribution < 1.29 is 9.85 Å². The largest absolute Gasteiger partial charge is 0.358 e. The van der Waals surface area contributed by atoms with E-state index in [9.17, 15) is 20.2 Å².